The Balaban J connectivity index is 1.52. The van der Waals surface area contributed by atoms with Gasteiger partial charge in [0.1, 0.15) is 0 Å². The lowest BCUT2D eigenvalue weighted by Gasteiger charge is -2.22. The van der Waals surface area contributed by atoms with E-state index in [1.54, 1.807) is 6.08 Å². The van der Waals surface area contributed by atoms with Crippen molar-refractivity contribution in [1.29, 1.82) is 0 Å². The van der Waals surface area contributed by atoms with Gasteiger partial charge in [0, 0.05) is 49.4 Å². The standard InChI is InChI=1S/C30H40N4O5/c1-2-15-32-33-29(35)12-11-24-7-9-25(10-8-24)23-34(17-19-39-21-20-38-18-14-30(36)37)16-13-26-22-31-28-6-4-3-5-27(26)28/h3-12,22,31-32H,2,13-21,23H2,1H3,(H,33,35)(H,36,37)/b12-11+. The van der Waals surface area contributed by atoms with Crippen LogP contribution in [0.15, 0.2) is 60.8 Å². The van der Waals surface area contributed by atoms with Gasteiger partial charge in [-0.15, -0.1) is 0 Å². The number of fused-ring (bicyclic) bond motifs is 1. The smallest absolute Gasteiger partial charge is 0.305 e. The summed E-state index contributed by atoms with van der Waals surface area (Å²) in [7, 11) is 0. The van der Waals surface area contributed by atoms with Crippen LogP contribution in [0.2, 0.25) is 0 Å². The molecule has 39 heavy (non-hydrogen) atoms. The summed E-state index contributed by atoms with van der Waals surface area (Å²) in [4.78, 5) is 28.1. The second-order valence-electron chi connectivity index (χ2n) is 9.25. The molecule has 9 nitrogen and oxygen atoms in total. The number of aliphatic carboxylic acids is 1. The summed E-state index contributed by atoms with van der Waals surface area (Å²) in [5, 5.41) is 9.92. The van der Waals surface area contributed by atoms with Gasteiger partial charge in [-0.05, 0) is 41.7 Å². The van der Waals surface area contributed by atoms with Gasteiger partial charge >= 0.3 is 5.97 Å². The maximum Gasteiger partial charge on any atom is 0.305 e. The first kappa shape index (κ1) is 30.0. The molecule has 2 aromatic carbocycles. The summed E-state index contributed by atoms with van der Waals surface area (Å²) in [6.45, 7) is 6.72. The molecule has 210 valence electrons. The minimum Gasteiger partial charge on any atom is -0.481 e. The molecular weight excluding hydrogens is 496 g/mol. The highest BCUT2D eigenvalue weighted by atomic mass is 16.5. The van der Waals surface area contributed by atoms with E-state index in [1.165, 1.54) is 22.6 Å². The van der Waals surface area contributed by atoms with Crippen LogP contribution in [0.5, 0.6) is 0 Å². The Morgan fingerprint density at radius 1 is 1.00 bits per heavy atom. The Labute approximate surface area is 230 Å². The quantitative estimate of drug-likeness (QED) is 0.105. The minimum atomic E-state index is -0.865. The van der Waals surface area contributed by atoms with E-state index < -0.39 is 5.97 Å². The van der Waals surface area contributed by atoms with Gasteiger partial charge in [-0.2, -0.15) is 0 Å². The molecule has 0 saturated carbocycles. The minimum absolute atomic E-state index is 0.000438. The Morgan fingerprint density at radius 3 is 2.54 bits per heavy atom. The van der Waals surface area contributed by atoms with Crippen LogP contribution in [-0.2, 0) is 32.0 Å². The molecule has 1 aromatic heterocycles. The summed E-state index contributed by atoms with van der Waals surface area (Å²) < 4.78 is 11.1. The first-order chi connectivity index (χ1) is 19.0. The number of carboxylic acids is 1. The molecule has 0 aliphatic rings. The number of hydrazine groups is 1. The molecule has 0 aliphatic heterocycles. The number of rotatable bonds is 19. The molecular formula is C30H40N4O5. The molecule has 9 heteroatoms. The lowest BCUT2D eigenvalue weighted by Crippen LogP contribution is -2.36. The molecule has 3 aromatic rings. The van der Waals surface area contributed by atoms with Crippen LogP contribution in [0, 0.1) is 0 Å². The molecule has 1 amide bonds. The van der Waals surface area contributed by atoms with Gasteiger partial charge in [0.2, 0.25) is 0 Å². The fraction of sp³-hybridized carbons (Fsp3) is 0.400. The van der Waals surface area contributed by atoms with Crippen LogP contribution in [-0.4, -0.2) is 72.9 Å². The third-order valence-corrected chi connectivity index (χ3v) is 6.16. The van der Waals surface area contributed by atoms with Crippen molar-refractivity contribution in [2.45, 2.75) is 32.7 Å². The van der Waals surface area contributed by atoms with Crippen LogP contribution < -0.4 is 10.9 Å². The van der Waals surface area contributed by atoms with Crippen LogP contribution in [0.1, 0.15) is 36.5 Å². The van der Waals surface area contributed by atoms with E-state index in [4.69, 9.17) is 14.6 Å². The van der Waals surface area contributed by atoms with Crippen LogP contribution >= 0.6 is 0 Å². The second-order valence-corrected chi connectivity index (χ2v) is 9.25. The van der Waals surface area contributed by atoms with Crippen LogP contribution in [0.3, 0.4) is 0 Å². The SMILES string of the molecule is CCCNNC(=O)/C=C/c1ccc(CN(CCOCCOCCC(=O)O)CCc2c[nH]c3ccccc23)cc1. The Bertz CT molecular complexity index is 1180. The molecule has 0 radical (unpaired) electrons. The molecule has 0 atom stereocenters. The number of nitrogens with zero attached hydrogens (tertiary/aromatic N) is 1. The number of hydrogen-bond acceptors (Lipinski definition) is 6. The summed E-state index contributed by atoms with van der Waals surface area (Å²) in [6, 6.07) is 16.5. The fourth-order valence-corrected chi connectivity index (χ4v) is 4.04. The Kier molecular flexibility index (Phi) is 13.2. The average molecular weight is 537 g/mol. The fourth-order valence-electron chi connectivity index (χ4n) is 4.04. The summed E-state index contributed by atoms with van der Waals surface area (Å²) >= 11 is 0. The van der Waals surface area contributed by atoms with Crippen molar-refractivity contribution in [1.82, 2.24) is 20.7 Å². The predicted molar refractivity (Wildman–Crippen MR) is 153 cm³/mol. The van der Waals surface area contributed by atoms with E-state index in [2.05, 4.69) is 57.3 Å². The molecule has 0 bridgehead atoms. The number of nitrogens with one attached hydrogen (secondary N) is 3. The van der Waals surface area contributed by atoms with Gasteiger partial charge in [-0.3, -0.25) is 19.9 Å². The first-order valence-electron chi connectivity index (χ1n) is 13.5. The lowest BCUT2D eigenvalue weighted by molar-refractivity contribution is -0.138. The van der Waals surface area contributed by atoms with Crippen molar-refractivity contribution in [3.63, 3.8) is 0 Å². The maximum atomic E-state index is 11.9. The number of carboxylic acid groups (broad SMARTS) is 1. The molecule has 0 aliphatic carbocycles. The summed E-state index contributed by atoms with van der Waals surface area (Å²) in [5.74, 6) is -1.04. The number of aromatic nitrogens is 1. The van der Waals surface area contributed by atoms with Crippen molar-refractivity contribution in [2.75, 3.05) is 46.1 Å². The normalized spacial score (nSPS) is 11.5. The third-order valence-electron chi connectivity index (χ3n) is 6.16. The van der Waals surface area contributed by atoms with E-state index >= 15 is 0 Å². The van der Waals surface area contributed by atoms with Crippen LogP contribution in [0.4, 0.5) is 0 Å². The van der Waals surface area contributed by atoms with Gasteiger partial charge in [0.05, 0.1) is 32.8 Å². The predicted octanol–water partition coefficient (Wildman–Crippen LogP) is 3.76. The number of para-hydroxylation sites is 1. The number of amides is 1. The second kappa shape index (κ2) is 17.2. The largest absolute Gasteiger partial charge is 0.481 e. The number of carbonyl (C=O) groups excluding carboxylic acids is 1. The highest BCUT2D eigenvalue weighted by Gasteiger charge is 2.10. The van der Waals surface area contributed by atoms with E-state index in [0.29, 0.717) is 19.8 Å². The number of H-pyrrole nitrogens is 1. The first-order valence-corrected chi connectivity index (χ1v) is 13.5. The molecule has 3 rings (SSSR count). The monoisotopic (exact) mass is 536 g/mol. The third kappa shape index (κ3) is 11.4. The molecule has 0 saturated heterocycles. The van der Waals surface area contributed by atoms with Gasteiger partial charge in [0.15, 0.2) is 0 Å². The zero-order chi connectivity index (χ0) is 27.7. The van der Waals surface area contributed by atoms with Crippen molar-refractivity contribution >= 4 is 28.9 Å². The summed E-state index contributed by atoms with van der Waals surface area (Å²) in [5.41, 5.74) is 10.1. The average Bonchev–Trinajstić information content (AvgIpc) is 3.35. The molecule has 4 N–H and O–H groups in total. The van der Waals surface area contributed by atoms with E-state index in [1.807, 2.05) is 25.1 Å². The van der Waals surface area contributed by atoms with Crippen molar-refractivity contribution in [2.24, 2.45) is 0 Å². The highest BCUT2D eigenvalue weighted by molar-refractivity contribution is 5.91. The van der Waals surface area contributed by atoms with Gasteiger partial charge in [-0.25, -0.2) is 5.43 Å². The Hall–Kier alpha value is -3.50. The van der Waals surface area contributed by atoms with E-state index in [0.717, 1.165) is 50.1 Å². The topological polar surface area (TPSA) is 116 Å². The number of ether oxygens (including phenoxy) is 2. The van der Waals surface area contributed by atoms with Crippen molar-refractivity contribution in [3.8, 4) is 0 Å². The Morgan fingerprint density at radius 2 is 1.77 bits per heavy atom. The van der Waals surface area contributed by atoms with Gasteiger partial charge in [0.25, 0.3) is 5.91 Å². The molecule has 0 spiro atoms. The number of aromatic amines is 1. The van der Waals surface area contributed by atoms with Crippen molar-refractivity contribution < 1.29 is 24.2 Å². The maximum absolute atomic E-state index is 11.9. The van der Waals surface area contributed by atoms with E-state index in [-0.39, 0.29) is 18.9 Å². The zero-order valence-corrected chi connectivity index (χ0v) is 22.7. The van der Waals surface area contributed by atoms with E-state index in [9.17, 15) is 9.59 Å². The lowest BCUT2D eigenvalue weighted by atomic mass is 10.1. The summed E-state index contributed by atoms with van der Waals surface area (Å²) in [6.07, 6.45) is 7.26. The highest BCUT2D eigenvalue weighted by Crippen LogP contribution is 2.19. The number of carbonyl (C=O) groups is 2. The van der Waals surface area contributed by atoms with Crippen molar-refractivity contribution in [3.05, 3.63) is 77.5 Å². The van der Waals surface area contributed by atoms with Gasteiger partial charge in [-0.1, -0.05) is 49.4 Å². The zero-order valence-electron chi connectivity index (χ0n) is 22.7. The number of benzene rings is 2. The molecule has 1 heterocycles. The van der Waals surface area contributed by atoms with Crippen LogP contribution in [0.25, 0.3) is 17.0 Å². The molecule has 0 fully saturated rings. The van der Waals surface area contributed by atoms with Gasteiger partial charge < -0.3 is 19.6 Å². The number of hydrogen-bond donors (Lipinski definition) is 4. The molecule has 0 unspecified atom stereocenters.